The van der Waals surface area contributed by atoms with Crippen molar-refractivity contribution < 1.29 is 9.21 Å². The molecule has 3 rings (SSSR count). The maximum atomic E-state index is 12.1. The molecule has 1 fully saturated rings. The maximum Gasteiger partial charge on any atom is 0.226 e. The molecule has 1 aromatic heterocycles. The molecule has 0 aliphatic heterocycles. The molecule has 0 radical (unpaired) electrons. The smallest absolute Gasteiger partial charge is 0.226 e. The molecule has 1 saturated carbocycles. The van der Waals surface area contributed by atoms with Gasteiger partial charge in [0.2, 0.25) is 11.8 Å². The Kier molecular flexibility index (Phi) is 7.67. The van der Waals surface area contributed by atoms with Gasteiger partial charge in [0, 0.05) is 31.6 Å². The highest BCUT2D eigenvalue weighted by atomic mass is 16.3. The van der Waals surface area contributed by atoms with Crippen LogP contribution in [-0.2, 0) is 11.3 Å². The molecule has 2 aromatic rings. The van der Waals surface area contributed by atoms with Gasteiger partial charge >= 0.3 is 0 Å². The lowest BCUT2D eigenvalue weighted by Gasteiger charge is -2.22. The second kappa shape index (κ2) is 10.6. The minimum Gasteiger partial charge on any atom is -0.444 e. The standard InChI is InChI=1S/C22H31N5O2/c1-16-8-10-17(11-9-16)21-27-19(15-29-21)14-25-22(23-2)24-13-12-20(28)26-18-6-4-3-5-7-18/h8-11,15,18H,3-7,12-14H2,1-2H3,(H,26,28)(H2,23,24,25). The van der Waals surface area contributed by atoms with Crippen LogP contribution >= 0.6 is 0 Å². The topological polar surface area (TPSA) is 91.5 Å². The number of benzene rings is 1. The Bertz CT molecular complexity index is 807. The van der Waals surface area contributed by atoms with Crippen molar-refractivity contribution in [3.8, 4) is 11.5 Å². The summed E-state index contributed by atoms with van der Waals surface area (Å²) in [6.45, 7) is 3.07. The Labute approximate surface area is 172 Å². The molecule has 0 bridgehead atoms. The molecule has 0 atom stereocenters. The lowest BCUT2D eigenvalue weighted by molar-refractivity contribution is -0.121. The molecule has 0 unspecified atom stereocenters. The van der Waals surface area contributed by atoms with Crippen LogP contribution in [0.5, 0.6) is 0 Å². The van der Waals surface area contributed by atoms with E-state index in [0.29, 0.717) is 37.4 Å². The third kappa shape index (κ3) is 6.62. The van der Waals surface area contributed by atoms with Crippen molar-refractivity contribution in [1.29, 1.82) is 0 Å². The molecule has 1 amide bonds. The van der Waals surface area contributed by atoms with Crippen molar-refractivity contribution in [2.24, 2.45) is 4.99 Å². The Morgan fingerprint density at radius 1 is 1.17 bits per heavy atom. The lowest BCUT2D eigenvalue weighted by Crippen LogP contribution is -2.41. The third-order valence-corrected chi connectivity index (χ3v) is 5.13. The normalized spacial score (nSPS) is 15.2. The first-order chi connectivity index (χ1) is 14.1. The Hall–Kier alpha value is -2.83. The molecular weight excluding hydrogens is 366 g/mol. The summed E-state index contributed by atoms with van der Waals surface area (Å²) >= 11 is 0. The van der Waals surface area contributed by atoms with E-state index in [2.05, 4.69) is 25.9 Å². The van der Waals surface area contributed by atoms with Crippen LogP contribution < -0.4 is 16.0 Å². The van der Waals surface area contributed by atoms with Gasteiger partial charge in [-0.3, -0.25) is 9.79 Å². The molecule has 29 heavy (non-hydrogen) atoms. The predicted molar refractivity (Wildman–Crippen MR) is 115 cm³/mol. The summed E-state index contributed by atoms with van der Waals surface area (Å²) in [5.74, 6) is 1.33. The van der Waals surface area contributed by atoms with Crippen molar-refractivity contribution in [2.45, 2.75) is 58.0 Å². The average molecular weight is 398 g/mol. The van der Waals surface area contributed by atoms with E-state index in [1.54, 1.807) is 13.3 Å². The van der Waals surface area contributed by atoms with Gasteiger partial charge in [0.15, 0.2) is 5.96 Å². The Morgan fingerprint density at radius 2 is 1.93 bits per heavy atom. The molecular formula is C22H31N5O2. The van der Waals surface area contributed by atoms with Crippen LogP contribution in [0.1, 0.15) is 49.8 Å². The minimum absolute atomic E-state index is 0.0964. The van der Waals surface area contributed by atoms with Crippen molar-refractivity contribution in [1.82, 2.24) is 20.9 Å². The van der Waals surface area contributed by atoms with Crippen LogP contribution in [0, 0.1) is 6.92 Å². The number of aryl methyl sites for hydroxylation is 1. The van der Waals surface area contributed by atoms with Crippen LogP contribution in [0.15, 0.2) is 39.9 Å². The Balaban J connectivity index is 1.39. The quantitative estimate of drug-likeness (QED) is 0.493. The monoisotopic (exact) mass is 397 g/mol. The van der Waals surface area contributed by atoms with E-state index in [1.165, 1.54) is 24.8 Å². The van der Waals surface area contributed by atoms with E-state index in [1.807, 2.05) is 31.2 Å². The zero-order valence-electron chi connectivity index (χ0n) is 17.3. The van der Waals surface area contributed by atoms with Gasteiger partial charge in [0.05, 0.1) is 12.2 Å². The van der Waals surface area contributed by atoms with Crippen LogP contribution in [0.25, 0.3) is 11.5 Å². The summed E-state index contributed by atoms with van der Waals surface area (Å²) in [4.78, 5) is 20.8. The molecule has 0 spiro atoms. The molecule has 7 heteroatoms. The number of aliphatic imine (C=N–C) groups is 1. The molecule has 0 saturated heterocycles. The number of oxazole rings is 1. The SMILES string of the molecule is CN=C(NCCC(=O)NC1CCCCC1)NCc1coc(-c2ccc(C)cc2)n1. The number of carbonyl (C=O) groups excluding carboxylic acids is 1. The second-order valence-corrected chi connectivity index (χ2v) is 7.52. The number of nitrogens with zero attached hydrogens (tertiary/aromatic N) is 2. The first kappa shape index (κ1) is 20.9. The fourth-order valence-corrected chi connectivity index (χ4v) is 3.45. The van der Waals surface area contributed by atoms with Crippen molar-refractivity contribution in [2.75, 3.05) is 13.6 Å². The highest BCUT2D eigenvalue weighted by Crippen LogP contribution is 2.19. The van der Waals surface area contributed by atoms with Gasteiger partial charge < -0.3 is 20.4 Å². The summed E-state index contributed by atoms with van der Waals surface area (Å²) in [6, 6.07) is 8.42. The second-order valence-electron chi connectivity index (χ2n) is 7.52. The van der Waals surface area contributed by atoms with Gasteiger partial charge in [0.25, 0.3) is 0 Å². The number of amides is 1. The summed E-state index contributed by atoms with van der Waals surface area (Å²) in [5, 5.41) is 9.50. The molecule has 1 aromatic carbocycles. The maximum absolute atomic E-state index is 12.1. The summed E-state index contributed by atoms with van der Waals surface area (Å²) in [5.41, 5.74) is 2.94. The number of carbonyl (C=O) groups is 1. The molecule has 1 aliphatic carbocycles. The fraction of sp³-hybridized carbons (Fsp3) is 0.500. The number of rotatable bonds is 7. The Morgan fingerprint density at radius 3 is 2.66 bits per heavy atom. The van der Waals surface area contributed by atoms with Crippen molar-refractivity contribution >= 4 is 11.9 Å². The largest absolute Gasteiger partial charge is 0.444 e. The number of guanidine groups is 1. The number of aromatic nitrogens is 1. The van der Waals surface area contributed by atoms with E-state index in [9.17, 15) is 4.79 Å². The van der Waals surface area contributed by atoms with Crippen LogP contribution in [0.3, 0.4) is 0 Å². The van der Waals surface area contributed by atoms with Gasteiger partial charge in [0.1, 0.15) is 6.26 Å². The van der Waals surface area contributed by atoms with Gasteiger partial charge in [-0.1, -0.05) is 37.0 Å². The molecule has 1 heterocycles. The molecule has 1 aliphatic rings. The number of hydrogen-bond donors (Lipinski definition) is 3. The predicted octanol–water partition coefficient (Wildman–Crippen LogP) is 3.15. The van der Waals surface area contributed by atoms with Crippen LogP contribution in [0.4, 0.5) is 0 Å². The third-order valence-electron chi connectivity index (χ3n) is 5.13. The molecule has 3 N–H and O–H groups in total. The van der Waals surface area contributed by atoms with Crippen LogP contribution in [-0.4, -0.2) is 36.5 Å². The highest BCUT2D eigenvalue weighted by molar-refractivity contribution is 5.81. The van der Waals surface area contributed by atoms with Gasteiger partial charge in [-0.05, 0) is 31.9 Å². The van der Waals surface area contributed by atoms with E-state index >= 15 is 0 Å². The van der Waals surface area contributed by atoms with E-state index in [4.69, 9.17) is 4.42 Å². The molecule has 7 nitrogen and oxygen atoms in total. The summed E-state index contributed by atoms with van der Waals surface area (Å²) in [7, 11) is 1.71. The lowest BCUT2D eigenvalue weighted by atomic mass is 9.95. The number of hydrogen-bond acceptors (Lipinski definition) is 4. The minimum atomic E-state index is 0.0964. The van der Waals surface area contributed by atoms with E-state index in [0.717, 1.165) is 24.1 Å². The summed E-state index contributed by atoms with van der Waals surface area (Å²) in [6.07, 6.45) is 8.00. The fourth-order valence-electron chi connectivity index (χ4n) is 3.45. The summed E-state index contributed by atoms with van der Waals surface area (Å²) < 4.78 is 5.58. The van der Waals surface area contributed by atoms with E-state index in [-0.39, 0.29) is 5.91 Å². The first-order valence-electron chi connectivity index (χ1n) is 10.4. The highest BCUT2D eigenvalue weighted by Gasteiger charge is 2.15. The van der Waals surface area contributed by atoms with Crippen molar-refractivity contribution in [3.05, 3.63) is 41.8 Å². The first-order valence-corrected chi connectivity index (χ1v) is 10.4. The zero-order chi connectivity index (χ0) is 20.5. The van der Waals surface area contributed by atoms with Gasteiger partial charge in [-0.25, -0.2) is 4.98 Å². The zero-order valence-corrected chi connectivity index (χ0v) is 17.3. The molecule has 156 valence electrons. The van der Waals surface area contributed by atoms with Gasteiger partial charge in [-0.2, -0.15) is 0 Å². The van der Waals surface area contributed by atoms with Crippen molar-refractivity contribution in [3.63, 3.8) is 0 Å². The van der Waals surface area contributed by atoms with Crippen LogP contribution in [0.2, 0.25) is 0 Å². The van der Waals surface area contributed by atoms with Gasteiger partial charge in [-0.15, -0.1) is 0 Å². The average Bonchev–Trinajstić information content (AvgIpc) is 3.21. The number of nitrogens with one attached hydrogen (secondary N) is 3. The van der Waals surface area contributed by atoms with E-state index < -0.39 is 0 Å².